The van der Waals surface area contributed by atoms with Gasteiger partial charge in [0.05, 0.1) is 0 Å². The van der Waals surface area contributed by atoms with Crippen LogP contribution in [0.25, 0.3) is 0 Å². The van der Waals surface area contributed by atoms with Crippen LogP contribution < -0.4 is 5.32 Å². The van der Waals surface area contributed by atoms with E-state index in [0.717, 1.165) is 13.1 Å². The molecule has 0 aromatic heterocycles. The lowest BCUT2D eigenvalue weighted by Gasteiger charge is -2.13. The molecule has 1 aliphatic heterocycles. The Morgan fingerprint density at radius 2 is 2.08 bits per heavy atom. The first kappa shape index (κ1) is 11.0. The van der Waals surface area contributed by atoms with Crippen molar-refractivity contribution >= 4 is 11.6 Å². The normalized spacial score (nSPS) is 18.8. The predicted octanol–water partition coefficient (Wildman–Crippen LogP) is 1.81. The van der Waals surface area contributed by atoms with E-state index >= 15 is 0 Å². The lowest BCUT2D eigenvalue weighted by Crippen LogP contribution is -2.24. The molecule has 1 N–H and O–H groups in total. The molecule has 3 heteroatoms. The Morgan fingerprint density at radius 1 is 1.31 bits per heavy atom. The van der Waals surface area contributed by atoms with Gasteiger partial charge < -0.3 is 10.2 Å². The highest BCUT2D eigenvalue weighted by molar-refractivity contribution is 6.25. The molecule has 0 bridgehead atoms. The van der Waals surface area contributed by atoms with Gasteiger partial charge in [0.2, 0.25) is 0 Å². The van der Waals surface area contributed by atoms with E-state index in [1.807, 2.05) is 6.08 Å². The number of hydrogen-bond acceptors (Lipinski definition) is 2. The molecule has 1 rings (SSSR count). The van der Waals surface area contributed by atoms with Gasteiger partial charge in [-0.05, 0) is 45.4 Å². The predicted molar refractivity (Wildman–Crippen MR) is 58.2 cm³/mol. The highest BCUT2D eigenvalue weighted by Gasteiger charge is 2.09. The molecule has 1 saturated heterocycles. The van der Waals surface area contributed by atoms with Gasteiger partial charge in [-0.15, -0.1) is 0 Å². The largest absolute Gasteiger partial charge is 0.313 e. The quantitative estimate of drug-likeness (QED) is 0.661. The molecule has 13 heavy (non-hydrogen) atoms. The van der Waals surface area contributed by atoms with Gasteiger partial charge >= 0.3 is 0 Å². The molecular formula is C10H19ClN2. The Morgan fingerprint density at radius 3 is 2.77 bits per heavy atom. The molecule has 0 aliphatic carbocycles. The summed E-state index contributed by atoms with van der Waals surface area (Å²) in [7, 11) is 0. The number of nitrogens with one attached hydrogen (secondary N) is 1. The van der Waals surface area contributed by atoms with Crippen molar-refractivity contribution in [3.63, 3.8) is 0 Å². The first-order valence-corrected chi connectivity index (χ1v) is 5.55. The minimum atomic E-state index is 0.892. The lowest BCUT2D eigenvalue weighted by molar-refractivity contribution is 0.332. The Kier molecular flexibility index (Phi) is 6.25. The highest BCUT2D eigenvalue weighted by atomic mass is 35.5. The van der Waals surface area contributed by atoms with Crippen LogP contribution >= 0.6 is 11.6 Å². The smallest absolute Gasteiger partial charge is 0.0146 e. The van der Waals surface area contributed by atoms with Crippen LogP contribution in [0.15, 0.2) is 11.6 Å². The first-order chi connectivity index (χ1) is 6.43. The molecule has 0 radical (unpaired) electrons. The molecular weight excluding hydrogens is 184 g/mol. The van der Waals surface area contributed by atoms with Gasteiger partial charge in [-0.3, -0.25) is 0 Å². The molecule has 1 fully saturated rings. The van der Waals surface area contributed by atoms with Crippen LogP contribution in [0.4, 0.5) is 0 Å². The summed E-state index contributed by atoms with van der Waals surface area (Å²) in [6.07, 6.45) is 5.96. The van der Waals surface area contributed by atoms with Crippen LogP contribution in [0, 0.1) is 0 Å². The van der Waals surface area contributed by atoms with Gasteiger partial charge in [-0.1, -0.05) is 17.7 Å². The molecule has 0 saturated carbocycles. The lowest BCUT2D eigenvalue weighted by atomic mass is 10.4. The summed E-state index contributed by atoms with van der Waals surface area (Å²) in [6, 6.07) is 0. The monoisotopic (exact) mass is 202 g/mol. The molecule has 0 aromatic carbocycles. The zero-order valence-electron chi connectivity index (χ0n) is 8.14. The van der Waals surface area contributed by atoms with Gasteiger partial charge in [-0.25, -0.2) is 0 Å². The maximum Gasteiger partial charge on any atom is 0.0146 e. The van der Waals surface area contributed by atoms with Gasteiger partial charge in [0, 0.05) is 12.1 Å². The zero-order valence-corrected chi connectivity index (χ0v) is 8.89. The number of halogens is 1. The van der Waals surface area contributed by atoms with Crippen molar-refractivity contribution in [3.05, 3.63) is 11.6 Å². The Labute approximate surface area is 85.9 Å². The third-order valence-corrected chi connectivity index (χ3v) is 2.56. The van der Waals surface area contributed by atoms with Gasteiger partial charge in [-0.2, -0.15) is 0 Å². The van der Waals surface area contributed by atoms with Gasteiger partial charge in [0.15, 0.2) is 0 Å². The second-order valence-corrected chi connectivity index (χ2v) is 3.72. The van der Waals surface area contributed by atoms with E-state index in [1.54, 1.807) is 5.54 Å². The van der Waals surface area contributed by atoms with E-state index in [-0.39, 0.29) is 0 Å². The van der Waals surface area contributed by atoms with Crippen molar-refractivity contribution in [1.29, 1.82) is 0 Å². The maximum absolute atomic E-state index is 5.39. The van der Waals surface area contributed by atoms with E-state index < -0.39 is 0 Å². The van der Waals surface area contributed by atoms with Crippen LogP contribution in [0.1, 0.15) is 19.3 Å². The van der Waals surface area contributed by atoms with Crippen molar-refractivity contribution in [2.24, 2.45) is 0 Å². The number of hydrogen-bond donors (Lipinski definition) is 1. The fraction of sp³-hybridized carbons (Fsp3) is 0.800. The summed E-state index contributed by atoms with van der Waals surface area (Å²) in [5, 5.41) is 3.31. The fourth-order valence-electron chi connectivity index (χ4n) is 1.66. The van der Waals surface area contributed by atoms with Crippen molar-refractivity contribution in [2.45, 2.75) is 19.3 Å². The van der Waals surface area contributed by atoms with Crippen LogP contribution in [0.2, 0.25) is 0 Å². The first-order valence-electron chi connectivity index (χ1n) is 5.12. The number of rotatable bonds is 6. The minimum Gasteiger partial charge on any atom is -0.313 e. The second-order valence-electron chi connectivity index (χ2n) is 3.47. The molecule has 76 valence electrons. The SMILES string of the molecule is Cl/C=C/CNCCCN1CCCC1. The number of likely N-dealkylation sites (tertiary alicyclic amines) is 1. The summed E-state index contributed by atoms with van der Waals surface area (Å²) in [5.74, 6) is 0. The molecule has 0 aromatic rings. The molecule has 2 nitrogen and oxygen atoms in total. The summed E-state index contributed by atoms with van der Waals surface area (Å²) in [6.45, 7) is 5.85. The fourth-order valence-corrected chi connectivity index (χ4v) is 1.75. The molecule has 1 heterocycles. The minimum absolute atomic E-state index is 0.892. The van der Waals surface area contributed by atoms with Crippen LogP contribution in [0.3, 0.4) is 0 Å². The number of nitrogens with zero attached hydrogens (tertiary/aromatic N) is 1. The van der Waals surface area contributed by atoms with E-state index in [2.05, 4.69) is 10.2 Å². The summed E-state index contributed by atoms with van der Waals surface area (Å²) >= 11 is 5.39. The van der Waals surface area contributed by atoms with Crippen molar-refractivity contribution in [2.75, 3.05) is 32.7 Å². The Bertz CT molecular complexity index is 142. The van der Waals surface area contributed by atoms with E-state index in [9.17, 15) is 0 Å². The molecule has 0 atom stereocenters. The summed E-state index contributed by atoms with van der Waals surface area (Å²) in [5.41, 5.74) is 1.56. The standard InChI is InChI=1S/C10H19ClN2/c11-5-3-6-12-7-4-10-13-8-1-2-9-13/h3,5,12H,1-2,4,6-10H2/b5-3+. The highest BCUT2D eigenvalue weighted by Crippen LogP contribution is 2.06. The van der Waals surface area contributed by atoms with Crippen molar-refractivity contribution in [3.8, 4) is 0 Å². The third-order valence-electron chi connectivity index (χ3n) is 2.38. The van der Waals surface area contributed by atoms with Crippen LogP contribution in [-0.4, -0.2) is 37.6 Å². The second kappa shape index (κ2) is 7.36. The Balaban J connectivity index is 1.83. The third kappa shape index (κ3) is 5.29. The average Bonchev–Trinajstić information content (AvgIpc) is 2.63. The maximum atomic E-state index is 5.39. The van der Waals surface area contributed by atoms with E-state index in [1.165, 1.54) is 38.9 Å². The zero-order chi connectivity index (χ0) is 9.36. The molecule has 0 unspecified atom stereocenters. The topological polar surface area (TPSA) is 15.3 Å². The van der Waals surface area contributed by atoms with E-state index in [4.69, 9.17) is 11.6 Å². The average molecular weight is 203 g/mol. The molecule has 1 aliphatic rings. The van der Waals surface area contributed by atoms with Gasteiger partial charge in [0.25, 0.3) is 0 Å². The molecule has 0 amide bonds. The van der Waals surface area contributed by atoms with Crippen LogP contribution in [0.5, 0.6) is 0 Å². The summed E-state index contributed by atoms with van der Waals surface area (Å²) < 4.78 is 0. The molecule has 0 spiro atoms. The van der Waals surface area contributed by atoms with Crippen LogP contribution in [-0.2, 0) is 0 Å². The van der Waals surface area contributed by atoms with Crippen molar-refractivity contribution < 1.29 is 0 Å². The Hall–Kier alpha value is -0.0500. The van der Waals surface area contributed by atoms with Crippen molar-refractivity contribution in [1.82, 2.24) is 10.2 Å². The van der Waals surface area contributed by atoms with E-state index in [0.29, 0.717) is 0 Å². The summed E-state index contributed by atoms with van der Waals surface area (Å²) in [4.78, 5) is 2.54. The van der Waals surface area contributed by atoms with Gasteiger partial charge in [0.1, 0.15) is 0 Å².